The first-order valence-electron chi connectivity index (χ1n) is 9.03. The van der Waals surface area contributed by atoms with Crippen LogP contribution in [-0.4, -0.2) is 61.5 Å². The maximum Gasteiger partial charge on any atom is 0.409 e. The molecule has 3 N–H and O–H groups in total. The van der Waals surface area contributed by atoms with Crippen LogP contribution in [0.5, 0.6) is 11.5 Å². The number of nitrogens with one attached hydrogen (secondary N) is 1. The fourth-order valence-corrected chi connectivity index (χ4v) is 2.39. The molecule has 2 aromatic rings. The molecule has 0 heterocycles. The molecule has 2 aromatic carbocycles. The summed E-state index contributed by atoms with van der Waals surface area (Å²) in [6.07, 6.45) is -0.436. The van der Waals surface area contributed by atoms with Crippen molar-refractivity contribution in [2.75, 3.05) is 34.3 Å². The fraction of sp³-hybridized carbons (Fsp3) is 0.300. The van der Waals surface area contributed by atoms with Gasteiger partial charge in [-0.15, -0.1) is 17.5 Å². The molecule has 168 valence electrons. The van der Waals surface area contributed by atoms with Crippen molar-refractivity contribution < 1.29 is 29.3 Å². The van der Waals surface area contributed by atoms with E-state index in [9.17, 15) is 14.7 Å². The summed E-state index contributed by atoms with van der Waals surface area (Å²) < 4.78 is 10.6. The Morgan fingerprint density at radius 2 is 1.90 bits per heavy atom. The van der Waals surface area contributed by atoms with E-state index < -0.39 is 12.1 Å². The lowest BCUT2D eigenvalue weighted by Crippen LogP contribution is -2.33. The van der Waals surface area contributed by atoms with Crippen molar-refractivity contribution in [3.63, 3.8) is 0 Å². The molecular weight excluding hydrogens is 428 g/mol. The monoisotopic (exact) mass is 452 g/mol. The Kier molecular flexibility index (Phi) is 10.2. The van der Waals surface area contributed by atoms with Gasteiger partial charge in [-0.3, -0.25) is 0 Å². The quantitative estimate of drug-likeness (QED) is 0.493. The summed E-state index contributed by atoms with van der Waals surface area (Å²) in [5.74, 6) is -1.21. The zero-order chi connectivity index (χ0) is 22.1. The van der Waals surface area contributed by atoms with Gasteiger partial charge >= 0.3 is 12.1 Å². The van der Waals surface area contributed by atoms with Crippen LogP contribution in [0.25, 0.3) is 0 Å². The number of ether oxygens (including phenoxy) is 2. The van der Waals surface area contributed by atoms with Crippen molar-refractivity contribution in [3.8, 4) is 11.5 Å². The van der Waals surface area contributed by atoms with E-state index in [0.717, 1.165) is 0 Å². The molecule has 0 saturated heterocycles. The highest BCUT2D eigenvalue weighted by molar-refractivity contribution is 5.91. The second-order valence-corrected chi connectivity index (χ2v) is 6.29. The van der Waals surface area contributed by atoms with Gasteiger partial charge in [0.2, 0.25) is 0 Å². The number of amides is 1. The standard InChI is InChI=1S/C20H24N4O6.ClH/c1-21-8-9-24(2)20(28)30-12-13-4-6-16(18(10-13)29-3)23-22-14-5-7-17(25)15(11-14)19(26)27;/h4-7,10-11,21,25H,8-9,12H2,1-3H3,(H,26,27);1H/b23-22+;. The molecular formula is C20H25ClN4O6. The van der Waals surface area contributed by atoms with E-state index in [2.05, 4.69) is 15.5 Å². The average molecular weight is 453 g/mol. The first kappa shape index (κ1) is 25.7. The Hall–Kier alpha value is -3.37. The predicted molar refractivity (Wildman–Crippen MR) is 116 cm³/mol. The van der Waals surface area contributed by atoms with Crippen LogP contribution in [0.1, 0.15) is 15.9 Å². The number of aromatic hydroxyl groups is 1. The summed E-state index contributed by atoms with van der Waals surface area (Å²) in [5, 5.41) is 29.6. The molecule has 0 fully saturated rings. The smallest absolute Gasteiger partial charge is 0.409 e. The number of methoxy groups -OCH3 is 1. The first-order chi connectivity index (χ1) is 14.3. The van der Waals surface area contributed by atoms with E-state index >= 15 is 0 Å². The van der Waals surface area contributed by atoms with Crippen molar-refractivity contribution in [2.45, 2.75) is 6.61 Å². The Labute approximate surface area is 185 Å². The molecule has 0 aromatic heterocycles. The largest absolute Gasteiger partial charge is 0.507 e. The highest BCUT2D eigenvalue weighted by atomic mass is 35.5. The first-order valence-corrected chi connectivity index (χ1v) is 9.03. The van der Waals surface area contributed by atoms with Crippen molar-refractivity contribution in [3.05, 3.63) is 47.5 Å². The molecule has 0 bridgehead atoms. The van der Waals surface area contributed by atoms with Crippen molar-refractivity contribution in [1.29, 1.82) is 0 Å². The third kappa shape index (κ3) is 7.43. The van der Waals surface area contributed by atoms with Crippen LogP contribution in [0.15, 0.2) is 46.6 Å². The van der Waals surface area contributed by atoms with Gasteiger partial charge in [0.05, 0.1) is 12.8 Å². The van der Waals surface area contributed by atoms with Crippen LogP contribution in [0.2, 0.25) is 0 Å². The molecule has 0 spiro atoms. The van der Waals surface area contributed by atoms with E-state index in [1.165, 1.54) is 30.2 Å². The number of nitrogens with zero attached hydrogens (tertiary/aromatic N) is 3. The number of azo groups is 1. The number of carbonyl (C=O) groups excluding carboxylic acids is 1. The molecule has 0 radical (unpaired) electrons. The lowest BCUT2D eigenvalue weighted by Gasteiger charge is -2.16. The number of hydrogen-bond acceptors (Lipinski definition) is 8. The van der Waals surface area contributed by atoms with E-state index in [-0.39, 0.29) is 36.0 Å². The number of aromatic carboxylic acids is 1. The summed E-state index contributed by atoms with van der Waals surface area (Å²) in [6.45, 7) is 1.25. The lowest BCUT2D eigenvalue weighted by molar-refractivity contribution is 0.0693. The molecule has 11 heteroatoms. The number of rotatable bonds is 9. The number of likely N-dealkylation sites (N-methyl/N-ethyl adjacent to an activating group) is 2. The van der Waals surface area contributed by atoms with Crippen LogP contribution < -0.4 is 10.1 Å². The molecule has 0 aliphatic heterocycles. The molecule has 2 rings (SSSR count). The highest BCUT2D eigenvalue weighted by Gasteiger charge is 2.12. The van der Waals surface area contributed by atoms with Crippen LogP contribution in [0.3, 0.4) is 0 Å². The molecule has 31 heavy (non-hydrogen) atoms. The molecule has 0 atom stereocenters. The van der Waals surface area contributed by atoms with Gasteiger partial charge in [0, 0.05) is 20.1 Å². The number of carboxylic acids is 1. The van der Waals surface area contributed by atoms with Gasteiger partial charge in [-0.1, -0.05) is 6.07 Å². The lowest BCUT2D eigenvalue weighted by atomic mass is 10.2. The number of carboxylic acid groups (broad SMARTS) is 1. The minimum absolute atomic E-state index is 0. The number of phenols is 1. The third-order valence-corrected chi connectivity index (χ3v) is 4.10. The van der Waals surface area contributed by atoms with E-state index in [0.29, 0.717) is 30.1 Å². The van der Waals surface area contributed by atoms with Crippen molar-refractivity contribution in [2.24, 2.45) is 10.2 Å². The van der Waals surface area contributed by atoms with Gasteiger partial charge in [-0.05, 0) is 42.9 Å². The fourth-order valence-electron chi connectivity index (χ4n) is 2.39. The molecule has 0 unspecified atom stereocenters. The Morgan fingerprint density at radius 3 is 2.55 bits per heavy atom. The summed E-state index contributed by atoms with van der Waals surface area (Å²) >= 11 is 0. The number of benzene rings is 2. The van der Waals surface area contributed by atoms with Crippen molar-refractivity contribution in [1.82, 2.24) is 10.2 Å². The van der Waals surface area contributed by atoms with Gasteiger partial charge in [0.15, 0.2) is 0 Å². The van der Waals surface area contributed by atoms with E-state index in [1.807, 2.05) is 0 Å². The molecule has 1 amide bonds. The second-order valence-electron chi connectivity index (χ2n) is 6.29. The summed E-state index contributed by atoms with van der Waals surface area (Å²) in [7, 11) is 4.93. The number of halogens is 1. The van der Waals surface area contributed by atoms with Gasteiger partial charge in [-0.25, -0.2) is 9.59 Å². The summed E-state index contributed by atoms with van der Waals surface area (Å²) in [5.41, 5.74) is 1.10. The molecule has 0 aliphatic carbocycles. The minimum Gasteiger partial charge on any atom is -0.507 e. The second kappa shape index (κ2) is 12.4. The van der Waals surface area contributed by atoms with Crippen LogP contribution in [0.4, 0.5) is 16.2 Å². The Morgan fingerprint density at radius 1 is 1.16 bits per heavy atom. The van der Waals surface area contributed by atoms with Gasteiger partial charge in [0.25, 0.3) is 0 Å². The van der Waals surface area contributed by atoms with Crippen LogP contribution in [0, 0.1) is 0 Å². The number of hydrogen-bond donors (Lipinski definition) is 3. The molecule has 0 saturated carbocycles. The predicted octanol–water partition coefficient (Wildman–Crippen LogP) is 3.72. The summed E-state index contributed by atoms with van der Waals surface area (Å²) in [6, 6.07) is 8.93. The maximum atomic E-state index is 12.0. The highest BCUT2D eigenvalue weighted by Crippen LogP contribution is 2.31. The topological polar surface area (TPSA) is 133 Å². The van der Waals surface area contributed by atoms with Crippen molar-refractivity contribution >= 4 is 35.8 Å². The zero-order valence-corrected chi connectivity index (χ0v) is 18.2. The normalized spacial score (nSPS) is 10.4. The average Bonchev–Trinajstić information content (AvgIpc) is 2.75. The number of carbonyl (C=O) groups is 2. The van der Waals surface area contributed by atoms with Gasteiger partial charge in [-0.2, -0.15) is 5.11 Å². The maximum absolute atomic E-state index is 12.0. The Bertz CT molecular complexity index is 938. The SMILES string of the molecule is CNCCN(C)C(=O)OCc1ccc(/N=N/c2ccc(O)c(C(=O)O)c2)c(OC)c1.Cl. The Balaban J connectivity index is 0.00000480. The third-order valence-electron chi connectivity index (χ3n) is 4.10. The zero-order valence-electron chi connectivity index (χ0n) is 17.4. The molecule has 0 aliphatic rings. The summed E-state index contributed by atoms with van der Waals surface area (Å²) in [4.78, 5) is 24.5. The van der Waals surface area contributed by atoms with Gasteiger partial charge < -0.3 is 29.9 Å². The van der Waals surface area contributed by atoms with Crippen LogP contribution >= 0.6 is 12.4 Å². The van der Waals surface area contributed by atoms with E-state index in [1.54, 1.807) is 32.3 Å². The molecule has 10 nitrogen and oxygen atoms in total. The van der Waals surface area contributed by atoms with Gasteiger partial charge in [0.1, 0.15) is 29.4 Å². The minimum atomic E-state index is -1.27. The van der Waals surface area contributed by atoms with E-state index in [4.69, 9.17) is 14.6 Å². The van der Waals surface area contributed by atoms with Crippen LogP contribution in [-0.2, 0) is 11.3 Å².